The summed E-state index contributed by atoms with van der Waals surface area (Å²) in [6.45, 7) is 1.85. The molecule has 0 fully saturated rings. The lowest BCUT2D eigenvalue weighted by atomic mass is 9.91. The van der Waals surface area contributed by atoms with Crippen LogP contribution in [0.15, 0.2) is 36.4 Å². The fourth-order valence-electron chi connectivity index (χ4n) is 2.49. The van der Waals surface area contributed by atoms with E-state index in [2.05, 4.69) is 17.4 Å². The number of hydrogen-bond donors (Lipinski definition) is 1. The van der Waals surface area contributed by atoms with Gasteiger partial charge in [-0.05, 0) is 53.4 Å². The second-order valence-corrected chi connectivity index (χ2v) is 5.33. The number of nitrogens with one attached hydrogen (secondary N) is 1. The van der Waals surface area contributed by atoms with E-state index in [1.54, 1.807) is 0 Å². The second kappa shape index (κ2) is 4.93. The molecule has 3 rings (SSSR count). The molecular weight excluding hydrogens is 265 g/mol. The average Bonchev–Trinajstić information content (AvgIpc) is 2.39. The fraction of sp³-hybridized carbons (Fsp3) is 0.200. The Morgan fingerprint density at radius 1 is 1.00 bits per heavy atom. The summed E-state index contributed by atoms with van der Waals surface area (Å²) in [5.41, 5.74) is 4.99. The van der Waals surface area contributed by atoms with Gasteiger partial charge in [-0.2, -0.15) is 0 Å². The van der Waals surface area contributed by atoms with E-state index in [1.165, 1.54) is 16.7 Å². The van der Waals surface area contributed by atoms with Crippen LogP contribution in [0.5, 0.6) is 0 Å². The summed E-state index contributed by atoms with van der Waals surface area (Å²) >= 11 is 12.3. The molecule has 0 saturated heterocycles. The number of fused-ring (bicyclic) bond motifs is 1. The van der Waals surface area contributed by atoms with Crippen LogP contribution < -0.4 is 5.32 Å². The highest BCUT2D eigenvalue weighted by Crippen LogP contribution is 2.33. The molecule has 0 atom stereocenters. The Morgan fingerprint density at radius 3 is 2.72 bits per heavy atom. The van der Waals surface area contributed by atoms with Crippen LogP contribution in [-0.2, 0) is 13.0 Å². The van der Waals surface area contributed by atoms with Gasteiger partial charge in [0.2, 0.25) is 0 Å². The van der Waals surface area contributed by atoms with E-state index in [0.29, 0.717) is 0 Å². The largest absolute Gasteiger partial charge is 0.312 e. The smallest absolute Gasteiger partial charge is 0.0454 e. The number of rotatable bonds is 1. The third kappa shape index (κ3) is 2.14. The van der Waals surface area contributed by atoms with Gasteiger partial charge in [0, 0.05) is 16.6 Å². The van der Waals surface area contributed by atoms with Gasteiger partial charge >= 0.3 is 0 Å². The Hall–Kier alpha value is -1.02. The molecule has 18 heavy (non-hydrogen) atoms. The highest BCUT2D eigenvalue weighted by Gasteiger charge is 2.16. The van der Waals surface area contributed by atoms with Gasteiger partial charge in [0.15, 0.2) is 0 Å². The first kappa shape index (κ1) is 12.0. The molecular formula is C15H13Cl2N. The van der Waals surface area contributed by atoms with Crippen LogP contribution in [0, 0.1) is 0 Å². The molecule has 0 aliphatic carbocycles. The molecule has 1 aliphatic heterocycles. The first-order valence-electron chi connectivity index (χ1n) is 6.02. The SMILES string of the molecule is Clc1cccc(-c2ccc(Cl)c3c2CCNC3)c1. The lowest BCUT2D eigenvalue weighted by Crippen LogP contribution is -2.24. The second-order valence-electron chi connectivity index (χ2n) is 4.49. The van der Waals surface area contributed by atoms with Crippen LogP contribution in [0.25, 0.3) is 11.1 Å². The van der Waals surface area contributed by atoms with Gasteiger partial charge in [-0.3, -0.25) is 0 Å². The molecule has 1 N–H and O–H groups in total. The molecule has 2 aromatic carbocycles. The van der Waals surface area contributed by atoms with Crippen molar-refractivity contribution in [1.82, 2.24) is 5.32 Å². The van der Waals surface area contributed by atoms with Crippen LogP contribution in [0.4, 0.5) is 0 Å². The van der Waals surface area contributed by atoms with Gasteiger partial charge in [-0.1, -0.05) is 41.4 Å². The zero-order valence-electron chi connectivity index (χ0n) is 9.84. The van der Waals surface area contributed by atoms with Crippen LogP contribution in [0.2, 0.25) is 10.0 Å². The van der Waals surface area contributed by atoms with Crippen molar-refractivity contribution in [3.8, 4) is 11.1 Å². The molecule has 0 bridgehead atoms. The standard InChI is InChI=1S/C15H13Cl2N/c16-11-3-1-2-10(8-11)12-4-5-15(17)14-9-18-7-6-13(12)14/h1-5,8,18H,6-7,9H2. The Balaban J connectivity index is 2.18. The Kier molecular flexibility index (Phi) is 3.29. The van der Waals surface area contributed by atoms with E-state index < -0.39 is 0 Å². The maximum atomic E-state index is 6.27. The van der Waals surface area contributed by atoms with E-state index in [0.717, 1.165) is 35.1 Å². The van der Waals surface area contributed by atoms with Crippen LogP contribution in [0.1, 0.15) is 11.1 Å². The Bertz CT molecular complexity index is 593. The summed E-state index contributed by atoms with van der Waals surface area (Å²) in [4.78, 5) is 0. The summed E-state index contributed by atoms with van der Waals surface area (Å²) < 4.78 is 0. The number of hydrogen-bond acceptors (Lipinski definition) is 1. The van der Waals surface area contributed by atoms with Crippen molar-refractivity contribution in [3.63, 3.8) is 0 Å². The molecule has 0 radical (unpaired) electrons. The molecule has 0 amide bonds. The van der Waals surface area contributed by atoms with E-state index in [9.17, 15) is 0 Å². The average molecular weight is 278 g/mol. The maximum absolute atomic E-state index is 6.27. The number of halogens is 2. The first-order valence-corrected chi connectivity index (χ1v) is 6.78. The molecule has 0 aromatic heterocycles. The van der Waals surface area contributed by atoms with Gasteiger partial charge in [0.05, 0.1) is 0 Å². The number of benzene rings is 2. The molecule has 1 heterocycles. The Morgan fingerprint density at radius 2 is 1.89 bits per heavy atom. The highest BCUT2D eigenvalue weighted by molar-refractivity contribution is 6.31. The van der Waals surface area contributed by atoms with E-state index in [4.69, 9.17) is 23.2 Å². The topological polar surface area (TPSA) is 12.0 Å². The fourth-order valence-corrected chi connectivity index (χ4v) is 2.93. The van der Waals surface area contributed by atoms with Crippen LogP contribution >= 0.6 is 23.2 Å². The van der Waals surface area contributed by atoms with Crippen LogP contribution in [0.3, 0.4) is 0 Å². The summed E-state index contributed by atoms with van der Waals surface area (Å²) in [6, 6.07) is 12.1. The minimum absolute atomic E-state index is 0.769. The summed E-state index contributed by atoms with van der Waals surface area (Å²) in [7, 11) is 0. The quantitative estimate of drug-likeness (QED) is 0.819. The van der Waals surface area contributed by atoms with Crippen LogP contribution in [-0.4, -0.2) is 6.54 Å². The van der Waals surface area contributed by atoms with Crippen molar-refractivity contribution < 1.29 is 0 Å². The predicted octanol–water partition coefficient (Wildman–Crippen LogP) is 4.31. The third-order valence-corrected chi connectivity index (χ3v) is 3.95. The minimum Gasteiger partial charge on any atom is -0.312 e. The summed E-state index contributed by atoms with van der Waals surface area (Å²) in [6.07, 6.45) is 1.01. The van der Waals surface area contributed by atoms with Gasteiger partial charge in [-0.15, -0.1) is 0 Å². The van der Waals surface area contributed by atoms with Gasteiger partial charge in [0.1, 0.15) is 0 Å². The summed E-state index contributed by atoms with van der Waals surface area (Å²) in [5.74, 6) is 0. The molecule has 0 spiro atoms. The molecule has 3 heteroatoms. The Labute approximate surface area is 117 Å². The zero-order chi connectivity index (χ0) is 12.5. The van der Waals surface area contributed by atoms with Crippen molar-refractivity contribution in [3.05, 3.63) is 57.6 Å². The van der Waals surface area contributed by atoms with E-state index >= 15 is 0 Å². The van der Waals surface area contributed by atoms with Crippen molar-refractivity contribution in [2.75, 3.05) is 6.54 Å². The molecule has 0 unspecified atom stereocenters. The van der Waals surface area contributed by atoms with E-state index in [-0.39, 0.29) is 0 Å². The lowest BCUT2D eigenvalue weighted by Gasteiger charge is -2.22. The van der Waals surface area contributed by atoms with Crippen molar-refractivity contribution in [2.24, 2.45) is 0 Å². The first-order chi connectivity index (χ1) is 8.75. The lowest BCUT2D eigenvalue weighted by molar-refractivity contribution is 0.645. The maximum Gasteiger partial charge on any atom is 0.0454 e. The van der Waals surface area contributed by atoms with Crippen molar-refractivity contribution in [1.29, 1.82) is 0 Å². The highest BCUT2D eigenvalue weighted by atomic mass is 35.5. The van der Waals surface area contributed by atoms with Gasteiger partial charge in [0.25, 0.3) is 0 Å². The van der Waals surface area contributed by atoms with Gasteiger partial charge < -0.3 is 5.32 Å². The van der Waals surface area contributed by atoms with Gasteiger partial charge in [-0.25, -0.2) is 0 Å². The normalized spacial score (nSPS) is 14.3. The predicted molar refractivity (Wildman–Crippen MR) is 77.3 cm³/mol. The molecule has 1 aliphatic rings. The molecule has 1 nitrogen and oxygen atoms in total. The summed E-state index contributed by atoms with van der Waals surface area (Å²) in [5, 5.41) is 4.98. The molecule has 0 saturated carbocycles. The monoisotopic (exact) mass is 277 g/mol. The molecule has 2 aromatic rings. The molecule has 92 valence electrons. The van der Waals surface area contributed by atoms with Crippen molar-refractivity contribution >= 4 is 23.2 Å². The van der Waals surface area contributed by atoms with Crippen molar-refractivity contribution in [2.45, 2.75) is 13.0 Å². The van der Waals surface area contributed by atoms with E-state index in [1.807, 2.05) is 24.3 Å². The minimum atomic E-state index is 0.769. The third-order valence-electron chi connectivity index (χ3n) is 3.36. The zero-order valence-corrected chi connectivity index (χ0v) is 11.4.